The molecule has 0 aliphatic carbocycles. The molecule has 3 nitrogen and oxygen atoms in total. The molecule has 0 spiro atoms. The predicted molar refractivity (Wildman–Crippen MR) is 61.2 cm³/mol. The standard InChI is InChI=1S/C11H17ClN2O/c1-8(15)6-4-5-7-14-10(3)11(12)9(2)13-14/h4-7H2,1-3H3. The van der Waals surface area contributed by atoms with E-state index in [0.29, 0.717) is 6.42 Å². The maximum absolute atomic E-state index is 10.7. The van der Waals surface area contributed by atoms with Crippen molar-refractivity contribution >= 4 is 17.4 Å². The van der Waals surface area contributed by atoms with Crippen LogP contribution in [-0.4, -0.2) is 15.6 Å². The molecule has 0 unspecified atom stereocenters. The van der Waals surface area contributed by atoms with Gasteiger partial charge >= 0.3 is 0 Å². The number of hydrogen-bond acceptors (Lipinski definition) is 2. The van der Waals surface area contributed by atoms with Gasteiger partial charge in [-0.05, 0) is 33.6 Å². The Labute approximate surface area is 95.4 Å². The number of aromatic nitrogens is 2. The smallest absolute Gasteiger partial charge is 0.129 e. The van der Waals surface area contributed by atoms with Crippen molar-refractivity contribution in [2.45, 2.75) is 46.6 Å². The summed E-state index contributed by atoms with van der Waals surface area (Å²) in [6.07, 6.45) is 2.55. The van der Waals surface area contributed by atoms with Gasteiger partial charge in [0.1, 0.15) is 5.78 Å². The summed E-state index contributed by atoms with van der Waals surface area (Å²) in [4.78, 5) is 10.7. The van der Waals surface area contributed by atoms with Gasteiger partial charge in [0.15, 0.2) is 0 Å². The molecule has 0 saturated carbocycles. The average molecular weight is 229 g/mol. The normalized spacial score (nSPS) is 10.7. The number of rotatable bonds is 5. The van der Waals surface area contributed by atoms with E-state index in [-0.39, 0.29) is 5.78 Å². The minimum Gasteiger partial charge on any atom is -0.300 e. The third-order valence-corrected chi connectivity index (χ3v) is 2.99. The molecule has 0 aliphatic rings. The first-order valence-corrected chi connectivity index (χ1v) is 5.59. The molecule has 0 aliphatic heterocycles. The fraction of sp³-hybridized carbons (Fsp3) is 0.636. The Morgan fingerprint density at radius 2 is 2.07 bits per heavy atom. The van der Waals surface area contributed by atoms with E-state index in [0.717, 1.165) is 35.8 Å². The van der Waals surface area contributed by atoms with Crippen molar-refractivity contribution < 1.29 is 4.79 Å². The maximum Gasteiger partial charge on any atom is 0.129 e. The van der Waals surface area contributed by atoms with Gasteiger partial charge in [-0.3, -0.25) is 4.68 Å². The maximum atomic E-state index is 10.7. The Morgan fingerprint density at radius 3 is 2.53 bits per heavy atom. The lowest BCUT2D eigenvalue weighted by Crippen LogP contribution is -2.03. The number of nitrogens with zero attached hydrogens (tertiary/aromatic N) is 2. The van der Waals surface area contributed by atoms with E-state index in [1.54, 1.807) is 6.92 Å². The zero-order valence-electron chi connectivity index (χ0n) is 9.51. The molecule has 0 bridgehead atoms. The number of halogens is 1. The van der Waals surface area contributed by atoms with Gasteiger partial charge in [0.2, 0.25) is 0 Å². The van der Waals surface area contributed by atoms with Crippen LogP contribution in [0.25, 0.3) is 0 Å². The van der Waals surface area contributed by atoms with Crippen LogP contribution in [0.2, 0.25) is 5.02 Å². The summed E-state index contributed by atoms with van der Waals surface area (Å²) in [5.74, 6) is 0.251. The quantitative estimate of drug-likeness (QED) is 0.727. The van der Waals surface area contributed by atoms with Crippen LogP contribution in [0.5, 0.6) is 0 Å². The monoisotopic (exact) mass is 228 g/mol. The molecule has 0 saturated heterocycles. The Bertz CT molecular complexity index is 358. The fourth-order valence-electron chi connectivity index (χ4n) is 1.53. The molecule has 15 heavy (non-hydrogen) atoms. The predicted octanol–water partition coefficient (Wildman–Crippen LogP) is 2.91. The van der Waals surface area contributed by atoms with E-state index in [1.807, 2.05) is 18.5 Å². The number of hydrogen-bond donors (Lipinski definition) is 0. The average Bonchev–Trinajstić information content (AvgIpc) is 2.41. The lowest BCUT2D eigenvalue weighted by Gasteiger charge is -2.03. The number of ketones is 1. The Balaban J connectivity index is 2.44. The van der Waals surface area contributed by atoms with Crippen molar-refractivity contribution in [1.82, 2.24) is 9.78 Å². The molecular weight excluding hydrogens is 212 g/mol. The van der Waals surface area contributed by atoms with E-state index >= 15 is 0 Å². The van der Waals surface area contributed by atoms with Gasteiger partial charge in [0.05, 0.1) is 16.4 Å². The fourth-order valence-corrected chi connectivity index (χ4v) is 1.66. The summed E-state index contributed by atoms with van der Waals surface area (Å²) in [6, 6.07) is 0. The number of unbranched alkanes of at least 4 members (excludes halogenated alkanes) is 1. The van der Waals surface area contributed by atoms with E-state index in [1.165, 1.54) is 0 Å². The van der Waals surface area contributed by atoms with E-state index in [9.17, 15) is 4.79 Å². The molecule has 1 heterocycles. The Morgan fingerprint density at radius 1 is 1.40 bits per heavy atom. The van der Waals surface area contributed by atoms with Crippen molar-refractivity contribution in [3.05, 3.63) is 16.4 Å². The summed E-state index contributed by atoms with van der Waals surface area (Å²) < 4.78 is 1.91. The highest BCUT2D eigenvalue weighted by Crippen LogP contribution is 2.19. The minimum atomic E-state index is 0.251. The molecule has 1 aromatic heterocycles. The van der Waals surface area contributed by atoms with Gasteiger partial charge in [0.25, 0.3) is 0 Å². The van der Waals surface area contributed by atoms with E-state index in [2.05, 4.69) is 5.10 Å². The minimum absolute atomic E-state index is 0.251. The van der Waals surface area contributed by atoms with Gasteiger partial charge in [-0.25, -0.2) is 0 Å². The lowest BCUT2D eigenvalue weighted by atomic mass is 10.2. The zero-order valence-corrected chi connectivity index (χ0v) is 10.3. The third kappa shape index (κ3) is 3.34. The SMILES string of the molecule is CC(=O)CCCCn1nc(C)c(Cl)c1C. The van der Waals surface area contributed by atoms with Crippen LogP contribution in [-0.2, 0) is 11.3 Å². The van der Waals surface area contributed by atoms with Gasteiger partial charge < -0.3 is 4.79 Å². The molecular formula is C11H17ClN2O. The van der Waals surface area contributed by atoms with Gasteiger partial charge in [0, 0.05) is 13.0 Å². The topological polar surface area (TPSA) is 34.9 Å². The highest BCUT2D eigenvalue weighted by Gasteiger charge is 2.08. The van der Waals surface area contributed by atoms with Gasteiger partial charge in [-0.2, -0.15) is 5.10 Å². The molecule has 0 radical (unpaired) electrons. The van der Waals surface area contributed by atoms with Crippen LogP contribution in [0.3, 0.4) is 0 Å². The van der Waals surface area contributed by atoms with Crippen molar-refractivity contribution in [2.24, 2.45) is 0 Å². The Kier molecular flexibility index (Phi) is 4.33. The number of Topliss-reactive ketones (excluding diaryl/α,β-unsaturated/α-hetero) is 1. The van der Waals surface area contributed by atoms with Crippen LogP contribution in [0.4, 0.5) is 0 Å². The first-order chi connectivity index (χ1) is 7.02. The first-order valence-electron chi connectivity index (χ1n) is 5.21. The summed E-state index contributed by atoms with van der Waals surface area (Å²) in [5.41, 5.74) is 1.89. The number of aryl methyl sites for hydroxylation is 2. The van der Waals surface area contributed by atoms with Crippen molar-refractivity contribution in [3.8, 4) is 0 Å². The van der Waals surface area contributed by atoms with Crippen LogP contribution in [0.1, 0.15) is 37.6 Å². The summed E-state index contributed by atoms with van der Waals surface area (Å²) in [7, 11) is 0. The van der Waals surface area contributed by atoms with Crippen LogP contribution < -0.4 is 0 Å². The number of carbonyl (C=O) groups is 1. The van der Waals surface area contributed by atoms with Gasteiger partial charge in [-0.15, -0.1) is 0 Å². The highest BCUT2D eigenvalue weighted by atomic mass is 35.5. The summed E-state index contributed by atoms with van der Waals surface area (Å²) in [6.45, 7) is 6.33. The summed E-state index contributed by atoms with van der Waals surface area (Å²) in [5, 5.41) is 5.08. The molecule has 0 aromatic carbocycles. The zero-order chi connectivity index (χ0) is 11.4. The molecule has 0 amide bonds. The van der Waals surface area contributed by atoms with Crippen molar-refractivity contribution in [3.63, 3.8) is 0 Å². The lowest BCUT2D eigenvalue weighted by molar-refractivity contribution is -0.117. The molecule has 1 aromatic rings. The second-order valence-corrected chi connectivity index (χ2v) is 4.25. The second-order valence-electron chi connectivity index (χ2n) is 3.87. The molecule has 0 fully saturated rings. The Hall–Kier alpha value is -0.830. The number of carbonyl (C=O) groups excluding carboxylic acids is 1. The molecule has 4 heteroatoms. The van der Waals surface area contributed by atoms with Crippen molar-refractivity contribution in [1.29, 1.82) is 0 Å². The van der Waals surface area contributed by atoms with Crippen LogP contribution >= 0.6 is 11.6 Å². The highest BCUT2D eigenvalue weighted by molar-refractivity contribution is 6.31. The first kappa shape index (κ1) is 12.2. The van der Waals surface area contributed by atoms with Gasteiger partial charge in [-0.1, -0.05) is 11.6 Å². The molecule has 1 rings (SSSR count). The second kappa shape index (κ2) is 5.31. The molecule has 0 atom stereocenters. The van der Waals surface area contributed by atoms with Crippen molar-refractivity contribution in [2.75, 3.05) is 0 Å². The largest absolute Gasteiger partial charge is 0.300 e. The van der Waals surface area contributed by atoms with E-state index < -0.39 is 0 Å². The summed E-state index contributed by atoms with van der Waals surface area (Å²) >= 11 is 6.02. The van der Waals surface area contributed by atoms with Crippen LogP contribution in [0, 0.1) is 13.8 Å². The van der Waals surface area contributed by atoms with Crippen LogP contribution in [0.15, 0.2) is 0 Å². The third-order valence-electron chi connectivity index (χ3n) is 2.44. The van der Waals surface area contributed by atoms with E-state index in [4.69, 9.17) is 11.6 Å². The molecule has 84 valence electrons. The molecule has 0 N–H and O–H groups in total.